The fourth-order valence-electron chi connectivity index (χ4n) is 4.85. The molecule has 0 aromatic heterocycles. The number of esters is 1. The Labute approximate surface area is 200 Å². The van der Waals surface area contributed by atoms with Gasteiger partial charge in [-0.15, -0.1) is 0 Å². The Morgan fingerprint density at radius 1 is 1.06 bits per heavy atom. The summed E-state index contributed by atoms with van der Waals surface area (Å²) in [5.74, 6) is -0.459. The van der Waals surface area contributed by atoms with Crippen molar-refractivity contribution in [2.45, 2.75) is 57.5 Å². The van der Waals surface area contributed by atoms with Gasteiger partial charge in [-0.1, -0.05) is 48.5 Å². The van der Waals surface area contributed by atoms with Crippen LogP contribution >= 0.6 is 0 Å². The first-order valence-electron chi connectivity index (χ1n) is 12.0. The molecule has 34 heavy (non-hydrogen) atoms. The van der Waals surface area contributed by atoms with Crippen LogP contribution in [0.2, 0.25) is 0 Å². The van der Waals surface area contributed by atoms with Crippen LogP contribution in [0.25, 0.3) is 11.1 Å². The van der Waals surface area contributed by atoms with Gasteiger partial charge in [0.2, 0.25) is 0 Å². The van der Waals surface area contributed by atoms with E-state index in [-0.39, 0.29) is 18.2 Å². The van der Waals surface area contributed by atoms with Crippen molar-refractivity contribution < 1.29 is 28.5 Å². The third-order valence-corrected chi connectivity index (χ3v) is 6.60. The van der Waals surface area contributed by atoms with Crippen molar-refractivity contribution in [1.82, 2.24) is 0 Å². The van der Waals surface area contributed by atoms with Crippen LogP contribution in [0.3, 0.4) is 0 Å². The number of benzene rings is 2. The van der Waals surface area contributed by atoms with Crippen molar-refractivity contribution in [3.05, 3.63) is 71.8 Å². The second-order valence-electron chi connectivity index (χ2n) is 8.69. The zero-order valence-electron chi connectivity index (χ0n) is 19.6. The Kier molecular flexibility index (Phi) is 8.50. The summed E-state index contributed by atoms with van der Waals surface area (Å²) in [6.07, 6.45) is 5.17. The second kappa shape index (κ2) is 12.0. The summed E-state index contributed by atoms with van der Waals surface area (Å²) in [6, 6.07) is 17.4. The molecule has 0 spiro atoms. The second-order valence-corrected chi connectivity index (χ2v) is 8.69. The summed E-state index contributed by atoms with van der Waals surface area (Å²) in [5.41, 5.74) is 3.59. The lowest BCUT2D eigenvalue weighted by molar-refractivity contribution is -0.164. The van der Waals surface area contributed by atoms with E-state index in [1.54, 1.807) is 12.1 Å². The monoisotopic (exact) mass is 464 g/mol. The molecule has 2 aromatic rings. The van der Waals surface area contributed by atoms with Crippen molar-refractivity contribution >= 4 is 12.4 Å². The van der Waals surface area contributed by atoms with Gasteiger partial charge in [0.1, 0.15) is 12.2 Å². The fraction of sp³-hybridized carbons (Fsp3) is 0.429. The number of hydrogen-bond acceptors (Lipinski definition) is 6. The van der Waals surface area contributed by atoms with E-state index in [1.165, 1.54) is 0 Å². The highest BCUT2D eigenvalue weighted by molar-refractivity contribution is 5.90. The van der Waals surface area contributed by atoms with E-state index < -0.39 is 12.2 Å². The third kappa shape index (κ3) is 5.93. The zero-order chi connectivity index (χ0) is 23.8. The molecule has 0 N–H and O–H groups in total. The largest absolute Gasteiger partial charge is 0.460 e. The van der Waals surface area contributed by atoms with Gasteiger partial charge in [-0.3, -0.25) is 4.79 Å². The van der Waals surface area contributed by atoms with Crippen molar-refractivity contribution in [2.75, 3.05) is 13.2 Å². The number of carbonyl (C=O) groups is 2. The molecule has 0 bridgehead atoms. The van der Waals surface area contributed by atoms with Gasteiger partial charge >= 0.3 is 5.97 Å². The molecule has 1 saturated carbocycles. The Morgan fingerprint density at radius 3 is 2.50 bits per heavy atom. The van der Waals surface area contributed by atoms with Crippen molar-refractivity contribution in [1.29, 1.82) is 0 Å². The van der Waals surface area contributed by atoms with Crippen LogP contribution in [0.4, 0.5) is 0 Å². The van der Waals surface area contributed by atoms with Gasteiger partial charge in [0, 0.05) is 18.9 Å². The summed E-state index contributed by atoms with van der Waals surface area (Å²) in [5, 5.41) is 0. The number of hydrogen-bond donors (Lipinski definition) is 0. The summed E-state index contributed by atoms with van der Waals surface area (Å²) in [4.78, 5) is 24.0. The maximum absolute atomic E-state index is 13.0. The van der Waals surface area contributed by atoms with E-state index in [0.29, 0.717) is 31.5 Å². The lowest BCUT2D eigenvalue weighted by Gasteiger charge is -2.25. The number of carbonyl (C=O) groups excluding carboxylic acids is 2. The van der Waals surface area contributed by atoms with Gasteiger partial charge in [-0.05, 0) is 61.4 Å². The zero-order valence-corrected chi connectivity index (χ0v) is 19.6. The SMILES string of the molecule is CC=C1[C@@H](CCOC2CCCCO2)[C@@H](OC(=O)c2ccc(-c3ccccc3)cc2)C[C@H]1OC=O. The molecule has 6 nitrogen and oxygen atoms in total. The molecule has 1 saturated heterocycles. The van der Waals surface area contributed by atoms with Crippen molar-refractivity contribution in [2.24, 2.45) is 5.92 Å². The molecule has 0 radical (unpaired) electrons. The minimum Gasteiger partial charge on any atom is -0.460 e. The first-order valence-corrected chi connectivity index (χ1v) is 12.0. The van der Waals surface area contributed by atoms with E-state index in [0.717, 1.165) is 42.6 Å². The standard InChI is InChI=1S/C28H32O6/c1-2-23-24(15-17-32-27-10-6-7-16-31-27)26(18-25(23)33-19-29)34-28(30)22-13-11-21(12-14-22)20-8-4-3-5-9-20/h2-5,8-9,11-14,19,24-27H,6-7,10,15-18H2,1H3/t24-,25-,26+,27?/m1/s1. The van der Waals surface area contributed by atoms with Gasteiger partial charge < -0.3 is 18.9 Å². The maximum atomic E-state index is 13.0. The van der Waals surface area contributed by atoms with E-state index in [4.69, 9.17) is 18.9 Å². The van der Waals surface area contributed by atoms with E-state index >= 15 is 0 Å². The molecule has 1 unspecified atom stereocenters. The molecular weight excluding hydrogens is 432 g/mol. The Balaban J connectivity index is 1.41. The average Bonchev–Trinajstić information content (AvgIpc) is 3.21. The Hall–Kier alpha value is -2.96. The van der Waals surface area contributed by atoms with Gasteiger partial charge in [0.05, 0.1) is 12.2 Å². The van der Waals surface area contributed by atoms with E-state index in [2.05, 4.69) is 0 Å². The van der Waals surface area contributed by atoms with Crippen LogP contribution in [0.5, 0.6) is 0 Å². The molecule has 180 valence electrons. The lowest BCUT2D eigenvalue weighted by Crippen LogP contribution is -2.27. The molecule has 2 aliphatic rings. The number of ether oxygens (including phenoxy) is 4. The molecule has 0 amide bonds. The van der Waals surface area contributed by atoms with E-state index in [9.17, 15) is 9.59 Å². The maximum Gasteiger partial charge on any atom is 0.338 e. The molecule has 4 atom stereocenters. The van der Waals surface area contributed by atoms with E-state index in [1.807, 2.05) is 55.5 Å². The van der Waals surface area contributed by atoms with Crippen LogP contribution in [-0.4, -0.2) is 44.2 Å². The van der Waals surface area contributed by atoms with Crippen molar-refractivity contribution in [3.63, 3.8) is 0 Å². The predicted octanol–water partition coefficient (Wildman–Crippen LogP) is 5.32. The number of allylic oxidation sites excluding steroid dienone is 1. The van der Waals surface area contributed by atoms with Gasteiger partial charge in [-0.2, -0.15) is 0 Å². The van der Waals surface area contributed by atoms with Crippen LogP contribution < -0.4 is 0 Å². The fourth-order valence-corrected chi connectivity index (χ4v) is 4.85. The summed E-state index contributed by atoms with van der Waals surface area (Å²) >= 11 is 0. The molecule has 6 heteroatoms. The Morgan fingerprint density at radius 2 is 1.82 bits per heavy atom. The highest BCUT2D eigenvalue weighted by Gasteiger charge is 2.42. The molecule has 1 heterocycles. The van der Waals surface area contributed by atoms with Gasteiger partial charge in [0.15, 0.2) is 6.29 Å². The smallest absolute Gasteiger partial charge is 0.338 e. The molecule has 2 aromatic carbocycles. The first kappa shape index (κ1) is 24.2. The third-order valence-electron chi connectivity index (χ3n) is 6.60. The number of rotatable bonds is 9. The van der Waals surface area contributed by atoms with Crippen LogP contribution in [0.1, 0.15) is 49.4 Å². The van der Waals surface area contributed by atoms with Gasteiger partial charge in [0.25, 0.3) is 6.47 Å². The Bertz CT molecular complexity index is 962. The van der Waals surface area contributed by atoms with Crippen LogP contribution in [0, 0.1) is 5.92 Å². The van der Waals surface area contributed by atoms with Crippen molar-refractivity contribution in [3.8, 4) is 11.1 Å². The van der Waals surface area contributed by atoms with Crippen LogP contribution in [0.15, 0.2) is 66.2 Å². The highest BCUT2D eigenvalue weighted by Crippen LogP contribution is 2.38. The first-order chi connectivity index (χ1) is 16.7. The highest BCUT2D eigenvalue weighted by atomic mass is 16.7. The van der Waals surface area contributed by atoms with Gasteiger partial charge in [-0.25, -0.2) is 4.79 Å². The quantitative estimate of drug-likeness (QED) is 0.284. The molecule has 2 fully saturated rings. The molecule has 1 aliphatic heterocycles. The van der Waals surface area contributed by atoms with Crippen LogP contribution in [-0.2, 0) is 23.7 Å². The summed E-state index contributed by atoms with van der Waals surface area (Å²) < 4.78 is 22.8. The molecular formula is C28H32O6. The molecule has 4 rings (SSSR count). The summed E-state index contributed by atoms with van der Waals surface area (Å²) in [6.45, 7) is 3.60. The minimum absolute atomic E-state index is 0.0777. The summed E-state index contributed by atoms with van der Waals surface area (Å²) in [7, 11) is 0. The molecule has 1 aliphatic carbocycles. The topological polar surface area (TPSA) is 71.1 Å². The normalized spacial score (nSPS) is 25.7. The minimum atomic E-state index is -0.395. The lowest BCUT2D eigenvalue weighted by atomic mass is 9.96. The predicted molar refractivity (Wildman–Crippen MR) is 128 cm³/mol. The average molecular weight is 465 g/mol.